The van der Waals surface area contributed by atoms with Crippen molar-refractivity contribution in [2.75, 3.05) is 11.9 Å². The van der Waals surface area contributed by atoms with Crippen molar-refractivity contribution >= 4 is 17.6 Å². The molecule has 0 radical (unpaired) electrons. The number of carbonyl (C=O) groups excluding carboxylic acids is 1. The van der Waals surface area contributed by atoms with Crippen LogP contribution < -0.4 is 4.90 Å². The van der Waals surface area contributed by atoms with Gasteiger partial charge in [-0.1, -0.05) is 31.4 Å². The maximum Gasteiger partial charge on any atom is 0.314 e. The van der Waals surface area contributed by atoms with Crippen LogP contribution >= 0.6 is 0 Å². The van der Waals surface area contributed by atoms with Gasteiger partial charge in [-0.15, -0.1) is 0 Å². The Bertz CT molecular complexity index is 588. The fourth-order valence-electron chi connectivity index (χ4n) is 3.71. The van der Waals surface area contributed by atoms with Crippen molar-refractivity contribution in [1.82, 2.24) is 0 Å². The van der Waals surface area contributed by atoms with Crippen molar-refractivity contribution in [3.8, 4) is 0 Å². The SMILES string of the molecule is CN1C(=O)CCc2ccc(C3(C(=O)O)CCCCC3)cc21. The summed E-state index contributed by atoms with van der Waals surface area (Å²) in [5.74, 6) is -0.625. The number of anilines is 1. The number of carbonyl (C=O) groups is 2. The summed E-state index contributed by atoms with van der Waals surface area (Å²) < 4.78 is 0. The molecule has 1 aliphatic carbocycles. The Morgan fingerprint density at radius 2 is 1.90 bits per heavy atom. The lowest BCUT2D eigenvalue weighted by Crippen LogP contribution is -2.38. The van der Waals surface area contributed by atoms with Crippen LogP contribution in [0.25, 0.3) is 0 Å². The van der Waals surface area contributed by atoms with Crippen molar-refractivity contribution in [2.45, 2.75) is 50.4 Å². The highest BCUT2D eigenvalue weighted by atomic mass is 16.4. The largest absolute Gasteiger partial charge is 0.481 e. The van der Waals surface area contributed by atoms with E-state index in [0.29, 0.717) is 19.3 Å². The Hall–Kier alpha value is -1.84. The molecule has 0 aromatic heterocycles. The van der Waals surface area contributed by atoms with E-state index in [4.69, 9.17) is 0 Å². The van der Waals surface area contributed by atoms with Gasteiger partial charge in [0.15, 0.2) is 0 Å². The predicted molar refractivity (Wildman–Crippen MR) is 80.6 cm³/mol. The average Bonchev–Trinajstić information content (AvgIpc) is 2.51. The molecule has 2 aliphatic rings. The minimum absolute atomic E-state index is 0.104. The van der Waals surface area contributed by atoms with Crippen molar-refractivity contribution in [1.29, 1.82) is 0 Å². The van der Waals surface area contributed by atoms with Crippen molar-refractivity contribution in [3.05, 3.63) is 29.3 Å². The molecule has 112 valence electrons. The molecule has 1 saturated carbocycles. The summed E-state index contributed by atoms with van der Waals surface area (Å²) in [5, 5.41) is 9.78. The number of nitrogens with zero attached hydrogens (tertiary/aromatic N) is 1. The maximum atomic E-state index is 11.9. The lowest BCUT2D eigenvalue weighted by atomic mass is 9.69. The van der Waals surface area contributed by atoms with Crippen molar-refractivity contribution in [3.63, 3.8) is 0 Å². The summed E-state index contributed by atoms with van der Waals surface area (Å²) in [4.78, 5) is 25.4. The first-order valence-corrected chi connectivity index (χ1v) is 7.68. The van der Waals surface area contributed by atoms with E-state index >= 15 is 0 Å². The van der Waals surface area contributed by atoms with Gasteiger partial charge in [-0.3, -0.25) is 9.59 Å². The van der Waals surface area contributed by atoms with E-state index in [9.17, 15) is 14.7 Å². The Morgan fingerprint density at radius 1 is 1.19 bits per heavy atom. The molecule has 1 aliphatic heterocycles. The van der Waals surface area contributed by atoms with Crippen LogP contribution in [0.3, 0.4) is 0 Å². The molecule has 3 rings (SSSR count). The second kappa shape index (κ2) is 5.17. The molecule has 0 atom stereocenters. The molecular formula is C17H21NO3. The summed E-state index contributed by atoms with van der Waals surface area (Å²) in [7, 11) is 1.78. The Morgan fingerprint density at radius 3 is 2.57 bits per heavy atom. The first-order valence-electron chi connectivity index (χ1n) is 7.68. The molecule has 1 aromatic carbocycles. The number of carboxylic acids is 1. The molecule has 4 nitrogen and oxygen atoms in total. The molecule has 0 spiro atoms. The van der Waals surface area contributed by atoms with E-state index in [1.165, 1.54) is 0 Å². The fourth-order valence-corrected chi connectivity index (χ4v) is 3.71. The normalized spacial score (nSPS) is 21.0. The zero-order valence-electron chi connectivity index (χ0n) is 12.4. The molecule has 1 fully saturated rings. The molecule has 0 saturated heterocycles. The van der Waals surface area contributed by atoms with Gasteiger partial charge in [-0.05, 0) is 36.5 Å². The van der Waals surface area contributed by atoms with Crippen LogP contribution in [0.4, 0.5) is 5.69 Å². The third kappa shape index (κ3) is 2.23. The van der Waals surface area contributed by atoms with E-state index in [1.54, 1.807) is 11.9 Å². The van der Waals surface area contributed by atoms with Crippen LogP contribution in [0, 0.1) is 0 Å². The standard InChI is InChI=1S/C17H21NO3/c1-18-14-11-13(7-5-12(14)6-8-15(18)19)17(16(20)21)9-3-2-4-10-17/h5,7,11H,2-4,6,8-10H2,1H3,(H,20,21). The van der Waals surface area contributed by atoms with Crippen LogP contribution in [0.1, 0.15) is 49.7 Å². The van der Waals surface area contributed by atoms with E-state index in [0.717, 1.165) is 42.5 Å². The first-order chi connectivity index (χ1) is 10.0. The number of amides is 1. The van der Waals surface area contributed by atoms with Gasteiger partial charge in [-0.2, -0.15) is 0 Å². The molecule has 0 bridgehead atoms. The van der Waals surface area contributed by atoms with Crippen LogP contribution in [-0.2, 0) is 21.4 Å². The number of aryl methyl sites for hydroxylation is 1. The van der Waals surface area contributed by atoms with Gasteiger partial charge in [-0.25, -0.2) is 0 Å². The number of aliphatic carboxylic acids is 1. The lowest BCUT2D eigenvalue weighted by Gasteiger charge is -2.35. The Labute approximate surface area is 124 Å². The van der Waals surface area contributed by atoms with Gasteiger partial charge >= 0.3 is 5.97 Å². The topological polar surface area (TPSA) is 57.6 Å². The highest BCUT2D eigenvalue weighted by Gasteiger charge is 2.41. The molecule has 0 unspecified atom stereocenters. The summed E-state index contributed by atoms with van der Waals surface area (Å²) in [5.41, 5.74) is 2.11. The predicted octanol–water partition coefficient (Wildman–Crippen LogP) is 2.88. The molecule has 1 N–H and O–H groups in total. The third-order valence-electron chi connectivity index (χ3n) is 5.10. The maximum absolute atomic E-state index is 11.9. The van der Waals surface area contributed by atoms with Crippen LogP contribution in [-0.4, -0.2) is 24.0 Å². The number of rotatable bonds is 2. The average molecular weight is 287 g/mol. The van der Waals surface area contributed by atoms with Gasteiger partial charge in [0.05, 0.1) is 5.41 Å². The Kier molecular flexibility index (Phi) is 3.47. The smallest absolute Gasteiger partial charge is 0.314 e. The Balaban J connectivity index is 2.06. The van der Waals surface area contributed by atoms with Gasteiger partial charge in [0, 0.05) is 19.2 Å². The van der Waals surface area contributed by atoms with E-state index < -0.39 is 11.4 Å². The van der Waals surface area contributed by atoms with Crippen molar-refractivity contribution in [2.24, 2.45) is 0 Å². The number of hydrogen-bond donors (Lipinski definition) is 1. The molecule has 21 heavy (non-hydrogen) atoms. The lowest BCUT2D eigenvalue weighted by molar-refractivity contribution is -0.145. The van der Waals surface area contributed by atoms with E-state index in [-0.39, 0.29) is 5.91 Å². The summed E-state index contributed by atoms with van der Waals surface area (Å²) >= 11 is 0. The molecule has 1 amide bonds. The molecular weight excluding hydrogens is 266 g/mol. The second-order valence-electron chi connectivity index (χ2n) is 6.24. The van der Waals surface area contributed by atoms with E-state index in [1.807, 2.05) is 18.2 Å². The van der Waals surface area contributed by atoms with Crippen molar-refractivity contribution < 1.29 is 14.7 Å². The highest BCUT2D eigenvalue weighted by molar-refractivity contribution is 5.96. The molecule has 1 aromatic rings. The van der Waals surface area contributed by atoms with Gasteiger partial charge in [0.2, 0.25) is 5.91 Å². The fraction of sp³-hybridized carbons (Fsp3) is 0.529. The minimum atomic E-state index is -0.769. The summed E-state index contributed by atoms with van der Waals surface area (Å²) in [6.07, 6.45) is 5.69. The number of benzene rings is 1. The quantitative estimate of drug-likeness (QED) is 0.910. The number of hydrogen-bond acceptors (Lipinski definition) is 2. The number of fused-ring (bicyclic) bond motifs is 1. The molecule has 1 heterocycles. The van der Waals surface area contributed by atoms with Gasteiger partial charge in [0.25, 0.3) is 0 Å². The van der Waals surface area contributed by atoms with Gasteiger partial charge in [0.1, 0.15) is 0 Å². The zero-order chi connectivity index (χ0) is 15.0. The van der Waals surface area contributed by atoms with Crippen LogP contribution in [0.15, 0.2) is 18.2 Å². The zero-order valence-corrected chi connectivity index (χ0v) is 12.4. The summed E-state index contributed by atoms with van der Waals surface area (Å²) in [6, 6.07) is 5.90. The van der Waals surface area contributed by atoms with Gasteiger partial charge < -0.3 is 10.0 Å². The second-order valence-corrected chi connectivity index (χ2v) is 6.24. The minimum Gasteiger partial charge on any atom is -0.481 e. The van der Waals surface area contributed by atoms with Crippen LogP contribution in [0.5, 0.6) is 0 Å². The monoisotopic (exact) mass is 287 g/mol. The van der Waals surface area contributed by atoms with Crippen LogP contribution in [0.2, 0.25) is 0 Å². The first kappa shape index (κ1) is 14.1. The molecule has 4 heteroatoms. The highest BCUT2D eigenvalue weighted by Crippen LogP contribution is 2.42. The summed E-state index contributed by atoms with van der Waals surface area (Å²) in [6.45, 7) is 0. The van der Waals surface area contributed by atoms with E-state index in [2.05, 4.69) is 0 Å². The third-order valence-corrected chi connectivity index (χ3v) is 5.10. The number of carboxylic acid groups (broad SMARTS) is 1.